The molecule has 0 amide bonds. The lowest BCUT2D eigenvalue weighted by molar-refractivity contribution is 0.313. The Morgan fingerprint density at radius 1 is 1.56 bits per heavy atom. The van der Waals surface area contributed by atoms with Crippen LogP contribution >= 0.6 is 11.6 Å². The molecule has 0 radical (unpaired) electrons. The Morgan fingerprint density at radius 2 is 2.31 bits per heavy atom. The fourth-order valence-electron chi connectivity index (χ4n) is 2.39. The molecule has 0 bridgehead atoms. The van der Waals surface area contributed by atoms with E-state index in [0.29, 0.717) is 18.5 Å². The van der Waals surface area contributed by atoms with Gasteiger partial charge in [0, 0.05) is 12.6 Å². The lowest BCUT2D eigenvalue weighted by Crippen LogP contribution is -2.20. The molecule has 1 saturated heterocycles. The summed E-state index contributed by atoms with van der Waals surface area (Å²) < 4.78 is 13.1. The van der Waals surface area contributed by atoms with Gasteiger partial charge < -0.3 is 5.73 Å². The summed E-state index contributed by atoms with van der Waals surface area (Å²) in [6, 6.07) is 5.27. The maximum Gasteiger partial charge on any atom is 0.141 e. The van der Waals surface area contributed by atoms with Gasteiger partial charge in [-0.25, -0.2) is 4.39 Å². The monoisotopic (exact) mass is 242 g/mol. The van der Waals surface area contributed by atoms with Gasteiger partial charge in [-0.2, -0.15) is 0 Å². The van der Waals surface area contributed by atoms with Gasteiger partial charge in [0.15, 0.2) is 0 Å². The van der Waals surface area contributed by atoms with Gasteiger partial charge in [0.2, 0.25) is 0 Å². The normalized spacial score (nSPS) is 26.2. The molecule has 1 aromatic carbocycles. The van der Waals surface area contributed by atoms with E-state index in [1.807, 2.05) is 0 Å². The molecule has 2 atom stereocenters. The largest absolute Gasteiger partial charge is 0.330 e. The molecular weight excluding hydrogens is 227 g/mol. The average molecular weight is 243 g/mol. The minimum Gasteiger partial charge on any atom is -0.330 e. The zero-order valence-electron chi connectivity index (χ0n) is 9.29. The van der Waals surface area contributed by atoms with Crippen LogP contribution in [0.4, 0.5) is 4.39 Å². The molecule has 1 aliphatic rings. The van der Waals surface area contributed by atoms with Crippen LogP contribution in [0.5, 0.6) is 0 Å². The van der Waals surface area contributed by atoms with Crippen molar-refractivity contribution in [3.05, 3.63) is 34.6 Å². The van der Waals surface area contributed by atoms with Crippen LogP contribution in [0.15, 0.2) is 18.2 Å². The molecule has 2 nitrogen and oxygen atoms in total. The zero-order valence-corrected chi connectivity index (χ0v) is 10.0. The summed E-state index contributed by atoms with van der Waals surface area (Å²) in [4.78, 5) is 2.25. The molecule has 1 aliphatic heterocycles. The molecule has 1 aromatic rings. The first kappa shape index (κ1) is 11.8. The molecule has 2 unspecified atom stereocenters. The molecule has 0 saturated carbocycles. The summed E-state index contributed by atoms with van der Waals surface area (Å²) in [5, 5.41) is 0.196. The van der Waals surface area contributed by atoms with Crippen LogP contribution < -0.4 is 5.73 Å². The number of halogens is 2. The lowest BCUT2D eigenvalue weighted by atomic mass is 10.00. The predicted octanol–water partition coefficient (Wildman–Crippen LogP) is 2.43. The molecular formula is C12H16ClFN2. The highest BCUT2D eigenvalue weighted by Gasteiger charge is 2.29. The second-order valence-electron chi connectivity index (χ2n) is 4.47. The Balaban J connectivity index is 2.21. The third kappa shape index (κ3) is 2.21. The predicted molar refractivity (Wildman–Crippen MR) is 63.9 cm³/mol. The molecule has 1 heterocycles. The molecule has 0 aliphatic carbocycles. The minimum absolute atomic E-state index is 0.196. The van der Waals surface area contributed by atoms with E-state index in [-0.39, 0.29) is 10.8 Å². The Morgan fingerprint density at radius 3 is 2.88 bits per heavy atom. The number of likely N-dealkylation sites (tertiary alicyclic amines) is 1. The van der Waals surface area contributed by atoms with Crippen LogP contribution in [-0.2, 0) is 0 Å². The molecule has 0 aromatic heterocycles. The summed E-state index contributed by atoms with van der Waals surface area (Å²) >= 11 is 5.79. The van der Waals surface area contributed by atoms with Crippen LogP contribution in [-0.4, -0.2) is 25.0 Å². The summed E-state index contributed by atoms with van der Waals surface area (Å²) in [6.07, 6.45) is 1.02. The van der Waals surface area contributed by atoms with Gasteiger partial charge in [-0.1, -0.05) is 17.7 Å². The molecule has 2 rings (SSSR count). The fraction of sp³-hybridized carbons (Fsp3) is 0.500. The van der Waals surface area contributed by atoms with Crippen LogP contribution in [0.25, 0.3) is 0 Å². The first-order valence-corrected chi connectivity index (χ1v) is 5.85. The summed E-state index contributed by atoms with van der Waals surface area (Å²) in [6.45, 7) is 1.70. The molecule has 16 heavy (non-hydrogen) atoms. The van der Waals surface area contributed by atoms with Crippen LogP contribution in [0.3, 0.4) is 0 Å². The molecule has 0 spiro atoms. The van der Waals surface area contributed by atoms with Crippen molar-refractivity contribution in [3.8, 4) is 0 Å². The minimum atomic E-state index is -0.360. The quantitative estimate of drug-likeness (QED) is 0.863. The van der Waals surface area contributed by atoms with Gasteiger partial charge in [0.05, 0.1) is 5.02 Å². The van der Waals surface area contributed by atoms with Crippen molar-refractivity contribution in [2.75, 3.05) is 20.1 Å². The number of hydrogen-bond acceptors (Lipinski definition) is 2. The first-order valence-electron chi connectivity index (χ1n) is 5.47. The van der Waals surface area contributed by atoms with E-state index in [1.54, 1.807) is 12.1 Å². The summed E-state index contributed by atoms with van der Waals surface area (Å²) in [5.41, 5.74) is 6.75. The molecule has 1 fully saturated rings. The van der Waals surface area contributed by atoms with Gasteiger partial charge in [-0.15, -0.1) is 0 Å². The first-order chi connectivity index (χ1) is 7.61. The van der Waals surface area contributed by atoms with Crippen molar-refractivity contribution in [2.24, 2.45) is 11.7 Å². The fourth-order valence-corrected chi connectivity index (χ4v) is 2.57. The van der Waals surface area contributed by atoms with Crippen molar-refractivity contribution in [3.63, 3.8) is 0 Å². The number of rotatable bonds is 2. The van der Waals surface area contributed by atoms with Gasteiger partial charge in [-0.3, -0.25) is 4.90 Å². The highest BCUT2D eigenvalue weighted by molar-refractivity contribution is 6.30. The summed E-state index contributed by atoms with van der Waals surface area (Å²) in [5.74, 6) is 0.167. The second-order valence-corrected chi connectivity index (χ2v) is 4.87. The van der Waals surface area contributed by atoms with Crippen molar-refractivity contribution < 1.29 is 4.39 Å². The smallest absolute Gasteiger partial charge is 0.141 e. The zero-order chi connectivity index (χ0) is 11.7. The van der Waals surface area contributed by atoms with E-state index < -0.39 is 0 Å². The third-order valence-corrected chi connectivity index (χ3v) is 3.59. The highest BCUT2D eigenvalue weighted by atomic mass is 35.5. The maximum absolute atomic E-state index is 13.1. The van der Waals surface area contributed by atoms with Crippen LogP contribution in [0.2, 0.25) is 5.02 Å². The number of hydrogen-bond donors (Lipinski definition) is 1. The van der Waals surface area contributed by atoms with E-state index in [9.17, 15) is 4.39 Å². The topological polar surface area (TPSA) is 29.3 Å². The Labute approximate surface area is 100 Å². The summed E-state index contributed by atoms with van der Waals surface area (Å²) in [7, 11) is 2.07. The maximum atomic E-state index is 13.1. The number of nitrogens with two attached hydrogens (primary N) is 1. The van der Waals surface area contributed by atoms with E-state index in [0.717, 1.165) is 18.5 Å². The highest BCUT2D eigenvalue weighted by Crippen LogP contribution is 2.34. The molecule has 88 valence electrons. The van der Waals surface area contributed by atoms with E-state index in [2.05, 4.69) is 11.9 Å². The standard InChI is InChI=1S/C12H16ClFN2/c1-16-7-8(6-15)4-12(16)9-2-3-11(14)10(13)5-9/h2-3,5,8,12H,4,6-7,15H2,1H3. The van der Waals surface area contributed by atoms with Gasteiger partial charge in [0.25, 0.3) is 0 Å². The van der Waals surface area contributed by atoms with E-state index in [1.165, 1.54) is 6.07 Å². The third-order valence-electron chi connectivity index (χ3n) is 3.30. The Hall–Kier alpha value is -0.640. The van der Waals surface area contributed by atoms with Gasteiger partial charge >= 0.3 is 0 Å². The lowest BCUT2D eigenvalue weighted by Gasteiger charge is -2.19. The van der Waals surface area contributed by atoms with Crippen molar-refractivity contribution in [2.45, 2.75) is 12.5 Å². The van der Waals surface area contributed by atoms with E-state index >= 15 is 0 Å². The van der Waals surface area contributed by atoms with Gasteiger partial charge in [-0.05, 0) is 43.6 Å². The molecule has 2 N–H and O–H groups in total. The van der Waals surface area contributed by atoms with E-state index in [4.69, 9.17) is 17.3 Å². The van der Waals surface area contributed by atoms with Gasteiger partial charge in [0.1, 0.15) is 5.82 Å². The van der Waals surface area contributed by atoms with Crippen molar-refractivity contribution in [1.29, 1.82) is 0 Å². The SMILES string of the molecule is CN1CC(CN)CC1c1ccc(F)c(Cl)c1. The Bertz CT molecular complexity index is 383. The van der Waals surface area contributed by atoms with Crippen LogP contribution in [0.1, 0.15) is 18.0 Å². The van der Waals surface area contributed by atoms with Crippen LogP contribution in [0, 0.1) is 11.7 Å². The average Bonchev–Trinajstić information content (AvgIpc) is 2.64. The molecule has 4 heteroatoms. The van der Waals surface area contributed by atoms with Crippen molar-refractivity contribution >= 4 is 11.6 Å². The van der Waals surface area contributed by atoms with Crippen molar-refractivity contribution in [1.82, 2.24) is 4.90 Å². The number of nitrogens with zero attached hydrogens (tertiary/aromatic N) is 1. The second kappa shape index (κ2) is 4.70. The Kier molecular flexibility index (Phi) is 3.47. The number of benzene rings is 1.